The van der Waals surface area contributed by atoms with Gasteiger partial charge in [0.1, 0.15) is 55.4 Å². The third-order valence-corrected chi connectivity index (χ3v) is 14.4. The molecule has 2 N–H and O–H groups in total. The second kappa shape index (κ2) is 21.4. The van der Waals surface area contributed by atoms with Gasteiger partial charge in [-0.1, -0.05) is 36.2 Å². The summed E-state index contributed by atoms with van der Waals surface area (Å²) in [6, 6.07) is 24.7. The first-order valence-electron chi connectivity index (χ1n) is 24.5. The molecule has 73 heavy (non-hydrogen) atoms. The standard InChI is InChI=1S/C35H38Cl2N8O4.C17H18FN3O3/c1-3-25(2)45-34(46)44(24-40-45)29-7-5-27(6-8-29)41-14-16-42(17-15-41)28-9-11-30(12-10-28)47-19-31-20-48-35(49-31,21-43-23-38-22-39-43)32-13-4-26(36)18-33(32)37;18-13-7-11-14(8-15(13)20-5-3-19-4-6-20)21(10-1-2-10)9-12(16(11)22)17(23)24/h4-13,18,22-25,31H,3,14-17,19-21H2,1-2H3;7-10,19H,1-6H2,(H,23,24)/t25?,31-,35-;/m0./s1. The smallest absolute Gasteiger partial charge is 0.350 e. The number of rotatable bonds is 14. The number of carboxylic acid groups (broad SMARTS) is 1. The van der Waals surface area contributed by atoms with Gasteiger partial charge >= 0.3 is 11.7 Å². The van der Waals surface area contributed by atoms with Crippen molar-refractivity contribution in [2.45, 2.75) is 63.6 Å². The van der Waals surface area contributed by atoms with Crippen LogP contribution in [-0.2, 0) is 21.8 Å². The molecule has 382 valence electrons. The van der Waals surface area contributed by atoms with E-state index in [9.17, 15) is 23.9 Å². The average molecular weight is 1040 g/mol. The number of benzene rings is 4. The van der Waals surface area contributed by atoms with Crippen molar-refractivity contribution in [1.82, 2.24) is 39.0 Å². The van der Waals surface area contributed by atoms with Gasteiger partial charge in [-0.05, 0) is 99.0 Å². The summed E-state index contributed by atoms with van der Waals surface area (Å²) < 4.78 is 40.1. The highest BCUT2D eigenvalue weighted by molar-refractivity contribution is 6.35. The van der Waals surface area contributed by atoms with Crippen LogP contribution in [0.5, 0.6) is 5.75 Å². The highest BCUT2D eigenvalue weighted by atomic mass is 35.5. The molecule has 0 spiro atoms. The van der Waals surface area contributed by atoms with E-state index in [2.05, 4.69) is 54.6 Å². The van der Waals surface area contributed by atoms with E-state index in [0.717, 1.165) is 81.3 Å². The number of hydrogen-bond acceptors (Lipinski definition) is 13. The lowest BCUT2D eigenvalue weighted by Crippen LogP contribution is -2.46. The van der Waals surface area contributed by atoms with Crippen molar-refractivity contribution in [1.29, 1.82) is 0 Å². The van der Waals surface area contributed by atoms with Crippen molar-refractivity contribution >= 4 is 57.1 Å². The molecular formula is C52H56Cl2FN11O7. The van der Waals surface area contributed by atoms with Crippen LogP contribution < -0.4 is 35.9 Å². The maximum atomic E-state index is 14.6. The maximum absolute atomic E-state index is 14.6. The van der Waals surface area contributed by atoms with Crippen LogP contribution in [0.15, 0.2) is 114 Å². The Bertz CT molecular complexity index is 3190. The summed E-state index contributed by atoms with van der Waals surface area (Å²) >= 11 is 12.7. The number of ether oxygens (including phenoxy) is 3. The number of aromatic nitrogens is 7. The largest absolute Gasteiger partial charge is 0.491 e. The van der Waals surface area contributed by atoms with Crippen LogP contribution in [0.3, 0.4) is 0 Å². The molecule has 0 radical (unpaired) electrons. The molecule has 4 aromatic carbocycles. The number of nitrogens with zero attached hydrogens (tertiary/aromatic N) is 10. The molecule has 3 atom stereocenters. The zero-order chi connectivity index (χ0) is 50.8. The van der Waals surface area contributed by atoms with Crippen LogP contribution >= 0.6 is 23.2 Å². The molecule has 18 nitrogen and oxygen atoms in total. The van der Waals surface area contributed by atoms with Gasteiger partial charge in [-0.25, -0.2) is 32.9 Å². The van der Waals surface area contributed by atoms with Gasteiger partial charge in [0.2, 0.25) is 11.2 Å². The van der Waals surface area contributed by atoms with E-state index in [1.807, 2.05) is 53.6 Å². The normalized spacial score (nSPS) is 19.5. The van der Waals surface area contributed by atoms with E-state index in [-0.39, 0.29) is 41.4 Å². The predicted molar refractivity (Wildman–Crippen MR) is 277 cm³/mol. The Morgan fingerprint density at radius 1 is 0.890 bits per heavy atom. The van der Waals surface area contributed by atoms with Crippen LogP contribution in [0.2, 0.25) is 10.0 Å². The summed E-state index contributed by atoms with van der Waals surface area (Å²) in [5, 5.41) is 22.1. The monoisotopic (exact) mass is 1040 g/mol. The first-order chi connectivity index (χ1) is 35.4. The van der Waals surface area contributed by atoms with Crippen LogP contribution in [0.4, 0.5) is 21.5 Å². The van der Waals surface area contributed by atoms with E-state index in [1.54, 1.807) is 40.1 Å². The van der Waals surface area contributed by atoms with Crippen molar-refractivity contribution in [3.63, 3.8) is 0 Å². The van der Waals surface area contributed by atoms with Gasteiger partial charge in [-0.15, -0.1) is 0 Å². The number of fused-ring (bicyclic) bond motifs is 1. The molecule has 4 fully saturated rings. The molecule has 4 aliphatic rings. The minimum absolute atomic E-state index is 0.0645. The summed E-state index contributed by atoms with van der Waals surface area (Å²) in [6.45, 7) is 11.4. The second-order valence-corrected chi connectivity index (χ2v) is 19.5. The van der Waals surface area contributed by atoms with Crippen LogP contribution in [0, 0.1) is 5.82 Å². The van der Waals surface area contributed by atoms with Gasteiger partial charge < -0.3 is 43.9 Å². The number of carboxylic acids is 1. The van der Waals surface area contributed by atoms with Crippen molar-refractivity contribution in [3.05, 3.63) is 152 Å². The number of anilines is 3. The minimum atomic E-state index is -1.28. The third kappa shape index (κ3) is 10.7. The zero-order valence-corrected chi connectivity index (χ0v) is 42.0. The van der Waals surface area contributed by atoms with E-state index >= 15 is 0 Å². The molecule has 1 unspecified atom stereocenters. The maximum Gasteiger partial charge on any atom is 0.350 e. The Labute approximate surface area is 430 Å². The lowest BCUT2D eigenvalue weighted by atomic mass is 10.1. The second-order valence-electron chi connectivity index (χ2n) is 18.7. The lowest BCUT2D eigenvalue weighted by molar-refractivity contribution is -0.190. The Kier molecular flexibility index (Phi) is 14.6. The number of nitrogens with one attached hydrogen (secondary N) is 1. The summed E-state index contributed by atoms with van der Waals surface area (Å²) in [4.78, 5) is 47.3. The van der Waals surface area contributed by atoms with Crippen LogP contribution in [0.25, 0.3) is 16.6 Å². The van der Waals surface area contributed by atoms with Crippen molar-refractivity contribution < 1.29 is 28.5 Å². The molecule has 7 aromatic rings. The van der Waals surface area contributed by atoms with Crippen LogP contribution in [-0.4, -0.2) is 116 Å². The number of pyridine rings is 1. The number of halogens is 3. The molecule has 3 saturated heterocycles. The molecular weight excluding hydrogens is 981 g/mol. The fraction of sp³-hybridized carbons (Fsp3) is 0.385. The van der Waals surface area contributed by atoms with Gasteiger partial charge in [0, 0.05) is 91.9 Å². The molecule has 21 heteroatoms. The van der Waals surface area contributed by atoms with E-state index in [0.29, 0.717) is 53.1 Å². The fourth-order valence-electron chi connectivity index (χ4n) is 9.55. The topological polar surface area (TPSA) is 179 Å². The summed E-state index contributed by atoms with van der Waals surface area (Å²) in [5.74, 6) is -2.17. The molecule has 3 aliphatic heterocycles. The third-order valence-electron chi connectivity index (χ3n) is 13.9. The predicted octanol–water partition coefficient (Wildman–Crippen LogP) is 7.16. The van der Waals surface area contributed by atoms with E-state index in [4.69, 9.17) is 37.4 Å². The number of hydrogen-bond donors (Lipinski definition) is 2. The van der Waals surface area contributed by atoms with Gasteiger partial charge in [0.15, 0.2) is 0 Å². The zero-order valence-electron chi connectivity index (χ0n) is 40.4. The van der Waals surface area contributed by atoms with Gasteiger partial charge in [0.05, 0.1) is 34.6 Å². The molecule has 1 aliphatic carbocycles. The highest BCUT2D eigenvalue weighted by Crippen LogP contribution is 2.41. The first kappa shape index (κ1) is 49.8. The van der Waals surface area contributed by atoms with E-state index < -0.39 is 23.0 Å². The van der Waals surface area contributed by atoms with E-state index in [1.165, 1.54) is 23.3 Å². The molecule has 0 bridgehead atoms. The van der Waals surface area contributed by atoms with Gasteiger partial charge in [-0.2, -0.15) is 10.2 Å². The number of carbonyl (C=O) groups is 1. The minimum Gasteiger partial charge on any atom is -0.491 e. The highest BCUT2D eigenvalue weighted by Gasteiger charge is 2.46. The number of piperazine rings is 2. The van der Waals surface area contributed by atoms with Gasteiger partial charge in [-0.3, -0.25) is 4.79 Å². The lowest BCUT2D eigenvalue weighted by Gasteiger charge is -2.37. The first-order valence-corrected chi connectivity index (χ1v) is 25.3. The van der Waals surface area contributed by atoms with Crippen molar-refractivity contribution in [2.75, 3.05) is 80.3 Å². The SMILES string of the molecule is CCC(C)n1ncn(-c2ccc(N3CCN(c4ccc(OC[C@H]5CO[C@](Cn6cncn6)(c6ccc(Cl)cc6Cl)O5)cc4)CC3)cc2)c1=O.O=C(O)c1cn(C2CC2)c2cc(N3CCNCC3)c(F)cc2c1=O. The van der Waals surface area contributed by atoms with Crippen molar-refractivity contribution in [2.24, 2.45) is 0 Å². The molecule has 11 rings (SSSR count). The molecule has 6 heterocycles. The van der Waals surface area contributed by atoms with Crippen LogP contribution in [0.1, 0.15) is 61.1 Å². The molecule has 3 aromatic heterocycles. The Morgan fingerprint density at radius 2 is 1.58 bits per heavy atom. The average Bonchev–Trinajstić information content (AvgIpc) is 3.75. The number of aromatic carboxylic acids is 1. The molecule has 1 saturated carbocycles. The van der Waals surface area contributed by atoms with Crippen molar-refractivity contribution in [3.8, 4) is 11.4 Å². The Hall–Kier alpha value is -6.77. The summed E-state index contributed by atoms with van der Waals surface area (Å²) in [7, 11) is 0. The fourth-order valence-corrected chi connectivity index (χ4v) is 10.1. The summed E-state index contributed by atoms with van der Waals surface area (Å²) in [5.41, 5.74) is 3.80. The Morgan fingerprint density at radius 3 is 2.21 bits per heavy atom. The van der Waals surface area contributed by atoms with Gasteiger partial charge in [0.25, 0.3) is 0 Å². The molecule has 0 amide bonds. The summed E-state index contributed by atoms with van der Waals surface area (Å²) in [6.07, 6.45) is 8.48. The quantitative estimate of drug-likeness (QED) is 0.112. The Balaban J connectivity index is 0.000000212.